The summed E-state index contributed by atoms with van der Waals surface area (Å²) in [4.78, 5) is 60.1. The van der Waals surface area contributed by atoms with Crippen molar-refractivity contribution in [3.8, 4) is 0 Å². The third-order valence-corrected chi connectivity index (χ3v) is 1.83. The van der Waals surface area contributed by atoms with Crippen molar-refractivity contribution in [3.05, 3.63) is 35.4 Å². The lowest BCUT2D eigenvalue weighted by Gasteiger charge is -2.03. The quantitative estimate of drug-likeness (QED) is 0.583. The van der Waals surface area contributed by atoms with Gasteiger partial charge in [0.05, 0.1) is 11.1 Å². The van der Waals surface area contributed by atoms with E-state index in [9.17, 15) is 19.2 Å². The zero-order valence-electron chi connectivity index (χ0n) is 10.6. The van der Waals surface area contributed by atoms with Crippen LogP contribution in [0.1, 0.15) is 34.6 Å². The number of rotatable bonds is 2. The first-order valence-electron chi connectivity index (χ1n) is 5.29. The Morgan fingerprint density at radius 2 is 0.950 bits per heavy atom. The lowest BCUT2D eigenvalue weighted by molar-refractivity contribution is -0.231. The van der Waals surface area contributed by atoms with Gasteiger partial charge in [0.25, 0.3) is 0 Å². The van der Waals surface area contributed by atoms with Gasteiger partial charge in [-0.15, -0.1) is 0 Å². The highest BCUT2D eigenvalue weighted by Gasteiger charge is 2.14. The molecule has 0 amide bonds. The molecule has 106 valence electrons. The van der Waals surface area contributed by atoms with E-state index in [0.29, 0.717) is 0 Å². The van der Waals surface area contributed by atoms with Gasteiger partial charge in [-0.1, -0.05) is 0 Å². The molecule has 1 rings (SSSR count). The van der Waals surface area contributed by atoms with Crippen LogP contribution < -0.4 is 0 Å². The van der Waals surface area contributed by atoms with Crippen LogP contribution in [0, 0.1) is 0 Å². The molecule has 0 saturated carbocycles. The molecule has 0 spiro atoms. The first kappa shape index (κ1) is 15.2. The highest BCUT2D eigenvalue weighted by Crippen LogP contribution is 2.08. The molecule has 0 atom stereocenters. The van der Waals surface area contributed by atoms with Crippen molar-refractivity contribution in [1.29, 1.82) is 0 Å². The van der Waals surface area contributed by atoms with Crippen molar-refractivity contribution in [2.45, 2.75) is 13.8 Å². The fourth-order valence-electron chi connectivity index (χ4n) is 1.03. The van der Waals surface area contributed by atoms with Crippen molar-refractivity contribution >= 4 is 23.9 Å². The van der Waals surface area contributed by atoms with Gasteiger partial charge < -0.3 is 0 Å². The van der Waals surface area contributed by atoms with Gasteiger partial charge in [0, 0.05) is 13.8 Å². The Bertz CT molecular complexity index is 482. The van der Waals surface area contributed by atoms with E-state index in [1.165, 1.54) is 24.3 Å². The molecule has 8 nitrogen and oxygen atoms in total. The van der Waals surface area contributed by atoms with Crippen LogP contribution in [-0.2, 0) is 29.1 Å². The number of benzene rings is 1. The smallest absolute Gasteiger partial charge is 0.248 e. The molecular formula is C12H10O8. The maximum atomic E-state index is 11.4. The Morgan fingerprint density at radius 3 is 1.20 bits per heavy atom. The Kier molecular flexibility index (Phi) is 5.21. The molecule has 1 aromatic carbocycles. The summed E-state index contributed by atoms with van der Waals surface area (Å²) in [7, 11) is 0. The third-order valence-electron chi connectivity index (χ3n) is 1.83. The predicted octanol–water partition coefficient (Wildman–Crippen LogP) is 0.956. The molecule has 0 saturated heterocycles. The van der Waals surface area contributed by atoms with Crippen LogP contribution >= 0.6 is 0 Å². The van der Waals surface area contributed by atoms with Crippen LogP contribution in [0.4, 0.5) is 0 Å². The standard InChI is InChI=1S/C12H10O8/c1-7(13)17-19-11(15)9-3-5-10(6-4-9)12(16)20-18-8(2)14/h3-6H,1-2H3. The van der Waals surface area contributed by atoms with Crippen molar-refractivity contribution in [2.75, 3.05) is 0 Å². The number of carbonyl (C=O) groups excluding carboxylic acids is 4. The zero-order chi connectivity index (χ0) is 15.1. The Labute approximate surface area is 113 Å². The SMILES string of the molecule is CC(=O)OOC(=O)c1ccc(C(=O)OOC(C)=O)cc1. The number of carbonyl (C=O) groups is 4. The molecule has 0 N–H and O–H groups in total. The molecule has 0 aliphatic rings. The topological polar surface area (TPSA) is 105 Å². The van der Waals surface area contributed by atoms with E-state index >= 15 is 0 Å². The minimum Gasteiger partial charge on any atom is -0.248 e. The Morgan fingerprint density at radius 1 is 0.650 bits per heavy atom. The van der Waals surface area contributed by atoms with Crippen LogP contribution in [0.3, 0.4) is 0 Å². The molecule has 1 aromatic rings. The van der Waals surface area contributed by atoms with Crippen LogP contribution in [0.15, 0.2) is 24.3 Å². The third kappa shape index (κ3) is 4.77. The molecule has 0 aliphatic heterocycles. The molecule has 0 radical (unpaired) electrons. The summed E-state index contributed by atoms with van der Waals surface area (Å²) in [5.41, 5.74) is 0.102. The zero-order valence-corrected chi connectivity index (χ0v) is 10.6. The molecule has 0 fully saturated rings. The summed E-state index contributed by atoms with van der Waals surface area (Å²) < 4.78 is 0. The van der Waals surface area contributed by atoms with Crippen molar-refractivity contribution in [1.82, 2.24) is 0 Å². The first-order valence-corrected chi connectivity index (χ1v) is 5.29. The lowest BCUT2D eigenvalue weighted by Crippen LogP contribution is -2.11. The summed E-state index contributed by atoms with van der Waals surface area (Å²) in [6.45, 7) is 2.14. The molecular weight excluding hydrogens is 272 g/mol. The van der Waals surface area contributed by atoms with Gasteiger partial charge in [-0.25, -0.2) is 38.7 Å². The minimum absolute atomic E-state index is 0.0512. The second kappa shape index (κ2) is 6.88. The fourth-order valence-corrected chi connectivity index (χ4v) is 1.03. The van der Waals surface area contributed by atoms with E-state index in [1.54, 1.807) is 0 Å². The fraction of sp³-hybridized carbons (Fsp3) is 0.167. The minimum atomic E-state index is -0.903. The van der Waals surface area contributed by atoms with Crippen LogP contribution in [-0.4, -0.2) is 23.9 Å². The summed E-state index contributed by atoms with van der Waals surface area (Å²) in [5.74, 6) is -3.36. The predicted molar refractivity (Wildman–Crippen MR) is 60.8 cm³/mol. The van der Waals surface area contributed by atoms with E-state index in [1.807, 2.05) is 0 Å². The molecule has 0 aliphatic carbocycles. The highest BCUT2D eigenvalue weighted by atomic mass is 17.2. The van der Waals surface area contributed by atoms with Crippen molar-refractivity contribution in [3.63, 3.8) is 0 Å². The molecule has 8 heteroatoms. The largest absolute Gasteiger partial charge is 0.386 e. The van der Waals surface area contributed by atoms with Crippen LogP contribution in [0.5, 0.6) is 0 Å². The second-order valence-electron chi connectivity index (χ2n) is 3.47. The van der Waals surface area contributed by atoms with Gasteiger partial charge >= 0.3 is 23.9 Å². The number of hydrogen-bond acceptors (Lipinski definition) is 8. The van der Waals surface area contributed by atoms with Gasteiger partial charge in [-0.2, -0.15) is 0 Å². The monoisotopic (exact) mass is 282 g/mol. The van der Waals surface area contributed by atoms with Crippen LogP contribution in [0.25, 0.3) is 0 Å². The van der Waals surface area contributed by atoms with Gasteiger partial charge in [-0.3, -0.25) is 0 Å². The Balaban J connectivity index is 2.63. The van der Waals surface area contributed by atoms with Crippen molar-refractivity contribution in [2.24, 2.45) is 0 Å². The van der Waals surface area contributed by atoms with E-state index in [2.05, 4.69) is 19.6 Å². The average molecular weight is 282 g/mol. The van der Waals surface area contributed by atoms with E-state index < -0.39 is 23.9 Å². The normalized spacial score (nSPS) is 9.30. The maximum Gasteiger partial charge on any atom is 0.386 e. The van der Waals surface area contributed by atoms with Gasteiger partial charge in [0.2, 0.25) is 0 Å². The second-order valence-corrected chi connectivity index (χ2v) is 3.47. The first-order chi connectivity index (χ1) is 9.40. The van der Waals surface area contributed by atoms with Gasteiger partial charge in [0.15, 0.2) is 0 Å². The summed E-state index contributed by atoms with van der Waals surface area (Å²) in [6.07, 6.45) is 0. The number of hydrogen-bond donors (Lipinski definition) is 0. The average Bonchev–Trinajstić information content (AvgIpc) is 2.42. The summed E-state index contributed by atoms with van der Waals surface area (Å²) in [5, 5.41) is 0. The molecule has 0 unspecified atom stereocenters. The maximum absolute atomic E-state index is 11.4. The van der Waals surface area contributed by atoms with Crippen molar-refractivity contribution < 1.29 is 38.7 Å². The molecule has 20 heavy (non-hydrogen) atoms. The summed E-state index contributed by atoms with van der Waals surface area (Å²) in [6, 6.07) is 4.98. The molecule has 0 heterocycles. The molecule has 0 aromatic heterocycles. The van der Waals surface area contributed by atoms with Gasteiger partial charge in [-0.05, 0) is 24.3 Å². The van der Waals surface area contributed by atoms with Gasteiger partial charge in [0.1, 0.15) is 0 Å². The highest BCUT2D eigenvalue weighted by molar-refractivity contribution is 5.93. The van der Waals surface area contributed by atoms with E-state index in [-0.39, 0.29) is 11.1 Å². The van der Waals surface area contributed by atoms with Crippen LogP contribution in [0.2, 0.25) is 0 Å². The molecule has 0 bridgehead atoms. The van der Waals surface area contributed by atoms with E-state index in [4.69, 9.17) is 0 Å². The Hall–Kier alpha value is -2.90. The lowest BCUT2D eigenvalue weighted by atomic mass is 10.1. The van der Waals surface area contributed by atoms with E-state index in [0.717, 1.165) is 13.8 Å². The summed E-state index contributed by atoms with van der Waals surface area (Å²) >= 11 is 0.